The van der Waals surface area contributed by atoms with Crippen molar-refractivity contribution >= 4 is 23.2 Å². The maximum atomic E-state index is 6.14. The number of hydrogen-bond donors (Lipinski definition) is 1. The Labute approximate surface area is 157 Å². The number of aromatic nitrogens is 1. The van der Waals surface area contributed by atoms with Gasteiger partial charge in [-0.2, -0.15) is 0 Å². The summed E-state index contributed by atoms with van der Waals surface area (Å²) in [5.74, 6) is 0.804. The lowest BCUT2D eigenvalue weighted by Crippen LogP contribution is -2.14. The number of ether oxygens (including phenoxy) is 1. The predicted molar refractivity (Wildman–Crippen MR) is 102 cm³/mol. The van der Waals surface area contributed by atoms with Crippen LogP contribution in [0.1, 0.15) is 16.8 Å². The predicted octanol–water partition coefficient (Wildman–Crippen LogP) is 5.26. The van der Waals surface area contributed by atoms with Gasteiger partial charge in [0.15, 0.2) is 0 Å². The van der Waals surface area contributed by atoms with Gasteiger partial charge >= 0.3 is 0 Å². The van der Waals surface area contributed by atoms with Crippen LogP contribution < -0.4 is 10.1 Å². The number of pyridine rings is 1. The van der Waals surface area contributed by atoms with Gasteiger partial charge in [-0.3, -0.25) is 4.98 Å². The van der Waals surface area contributed by atoms with Crippen molar-refractivity contribution < 1.29 is 4.74 Å². The standard InChI is InChI=1S/C20H18Cl2N2O/c21-17-5-3-4-15(10-17)14-25-20-8-7-18(22)11-16(20)12-23-13-19-6-1-2-9-24-19/h1-11,23H,12-14H2. The summed E-state index contributed by atoms with van der Waals surface area (Å²) in [6.07, 6.45) is 1.79. The molecule has 0 radical (unpaired) electrons. The lowest BCUT2D eigenvalue weighted by Gasteiger charge is -2.13. The molecule has 0 spiro atoms. The number of hydrogen-bond acceptors (Lipinski definition) is 3. The molecule has 0 atom stereocenters. The molecule has 1 N–H and O–H groups in total. The minimum absolute atomic E-state index is 0.454. The number of halogens is 2. The van der Waals surface area contributed by atoms with Gasteiger partial charge in [-0.25, -0.2) is 0 Å². The molecule has 3 aromatic rings. The van der Waals surface area contributed by atoms with Crippen LogP contribution in [0, 0.1) is 0 Å². The van der Waals surface area contributed by atoms with E-state index in [1.54, 1.807) is 6.20 Å². The summed E-state index contributed by atoms with van der Waals surface area (Å²) in [6.45, 7) is 1.78. The quantitative estimate of drug-likeness (QED) is 0.614. The van der Waals surface area contributed by atoms with Gasteiger partial charge in [-0.1, -0.05) is 41.4 Å². The Kier molecular flexibility index (Phi) is 6.29. The molecule has 0 aliphatic rings. The Balaban J connectivity index is 1.63. The molecular weight excluding hydrogens is 355 g/mol. The lowest BCUT2D eigenvalue weighted by atomic mass is 10.2. The highest BCUT2D eigenvalue weighted by atomic mass is 35.5. The lowest BCUT2D eigenvalue weighted by molar-refractivity contribution is 0.302. The van der Waals surface area contributed by atoms with E-state index in [4.69, 9.17) is 27.9 Å². The van der Waals surface area contributed by atoms with Crippen molar-refractivity contribution in [1.29, 1.82) is 0 Å². The normalized spacial score (nSPS) is 10.6. The summed E-state index contributed by atoms with van der Waals surface area (Å²) in [7, 11) is 0. The van der Waals surface area contributed by atoms with Crippen LogP contribution in [0.15, 0.2) is 66.9 Å². The average molecular weight is 373 g/mol. The number of nitrogens with one attached hydrogen (secondary N) is 1. The molecule has 0 saturated carbocycles. The van der Waals surface area contributed by atoms with E-state index in [2.05, 4.69) is 10.3 Å². The average Bonchev–Trinajstić information content (AvgIpc) is 2.62. The van der Waals surface area contributed by atoms with Gasteiger partial charge in [-0.15, -0.1) is 0 Å². The van der Waals surface area contributed by atoms with Gasteiger partial charge in [-0.05, 0) is 48.0 Å². The van der Waals surface area contributed by atoms with Crippen molar-refractivity contribution in [3.63, 3.8) is 0 Å². The number of benzene rings is 2. The summed E-state index contributed by atoms with van der Waals surface area (Å²) in [6, 6.07) is 19.2. The van der Waals surface area contributed by atoms with Gasteiger partial charge in [0.05, 0.1) is 5.69 Å². The topological polar surface area (TPSA) is 34.1 Å². The van der Waals surface area contributed by atoms with E-state index in [1.807, 2.05) is 60.7 Å². The molecule has 0 fully saturated rings. The molecule has 1 aromatic heterocycles. The van der Waals surface area contributed by atoms with Crippen LogP contribution in [-0.4, -0.2) is 4.98 Å². The van der Waals surface area contributed by atoms with E-state index in [9.17, 15) is 0 Å². The van der Waals surface area contributed by atoms with Crippen molar-refractivity contribution in [3.05, 3.63) is 93.7 Å². The van der Waals surface area contributed by atoms with Gasteiger partial charge in [0.25, 0.3) is 0 Å². The minimum Gasteiger partial charge on any atom is -0.489 e. The Morgan fingerprint density at radius 1 is 0.880 bits per heavy atom. The highest BCUT2D eigenvalue weighted by Gasteiger charge is 2.06. The van der Waals surface area contributed by atoms with Gasteiger partial charge in [0.2, 0.25) is 0 Å². The maximum absolute atomic E-state index is 6.14. The molecule has 0 amide bonds. The third-order valence-corrected chi connectivity index (χ3v) is 4.12. The first kappa shape index (κ1) is 17.7. The van der Waals surface area contributed by atoms with E-state index in [1.165, 1.54) is 0 Å². The Morgan fingerprint density at radius 3 is 2.56 bits per heavy atom. The Morgan fingerprint density at radius 2 is 1.76 bits per heavy atom. The molecule has 3 nitrogen and oxygen atoms in total. The Hall–Kier alpha value is -2.07. The highest BCUT2D eigenvalue weighted by molar-refractivity contribution is 6.30. The summed E-state index contributed by atoms with van der Waals surface area (Å²) in [5.41, 5.74) is 3.02. The third kappa shape index (κ3) is 5.46. The van der Waals surface area contributed by atoms with Crippen molar-refractivity contribution in [2.24, 2.45) is 0 Å². The van der Waals surface area contributed by atoms with Gasteiger partial charge in [0, 0.05) is 34.9 Å². The van der Waals surface area contributed by atoms with Crippen molar-refractivity contribution in [3.8, 4) is 5.75 Å². The van der Waals surface area contributed by atoms with E-state index in [0.717, 1.165) is 22.6 Å². The summed E-state index contributed by atoms with van der Waals surface area (Å²) in [5, 5.41) is 4.76. The molecule has 0 saturated heterocycles. The molecule has 1 heterocycles. The number of rotatable bonds is 7. The smallest absolute Gasteiger partial charge is 0.124 e. The molecule has 25 heavy (non-hydrogen) atoms. The van der Waals surface area contributed by atoms with Crippen LogP contribution in [-0.2, 0) is 19.7 Å². The first-order valence-electron chi connectivity index (χ1n) is 7.97. The van der Waals surface area contributed by atoms with Gasteiger partial charge in [0.1, 0.15) is 12.4 Å². The summed E-state index contributed by atoms with van der Waals surface area (Å²) >= 11 is 12.2. The van der Waals surface area contributed by atoms with Gasteiger partial charge < -0.3 is 10.1 Å². The van der Waals surface area contributed by atoms with Crippen LogP contribution in [0.2, 0.25) is 10.0 Å². The van der Waals surface area contributed by atoms with Crippen molar-refractivity contribution in [1.82, 2.24) is 10.3 Å². The van der Waals surface area contributed by atoms with Crippen LogP contribution >= 0.6 is 23.2 Å². The van der Waals surface area contributed by atoms with Crippen LogP contribution in [0.5, 0.6) is 5.75 Å². The molecule has 0 unspecified atom stereocenters. The molecular formula is C20H18Cl2N2O. The van der Waals surface area contributed by atoms with E-state index in [-0.39, 0.29) is 0 Å². The fourth-order valence-corrected chi connectivity index (χ4v) is 2.85. The molecule has 2 aromatic carbocycles. The molecule has 128 valence electrons. The van der Waals surface area contributed by atoms with Crippen LogP contribution in [0.25, 0.3) is 0 Å². The molecule has 3 rings (SSSR count). The SMILES string of the molecule is Clc1cccc(COc2ccc(Cl)cc2CNCc2ccccn2)c1. The second kappa shape index (κ2) is 8.86. The Bertz CT molecular complexity index is 825. The largest absolute Gasteiger partial charge is 0.489 e. The van der Waals surface area contributed by atoms with Crippen molar-refractivity contribution in [2.45, 2.75) is 19.7 Å². The zero-order chi connectivity index (χ0) is 17.5. The maximum Gasteiger partial charge on any atom is 0.124 e. The highest BCUT2D eigenvalue weighted by Crippen LogP contribution is 2.24. The van der Waals surface area contributed by atoms with E-state index < -0.39 is 0 Å². The minimum atomic E-state index is 0.454. The summed E-state index contributed by atoms with van der Waals surface area (Å²) < 4.78 is 5.96. The fourth-order valence-electron chi connectivity index (χ4n) is 2.44. The van der Waals surface area contributed by atoms with E-state index >= 15 is 0 Å². The molecule has 0 aliphatic heterocycles. The van der Waals surface area contributed by atoms with E-state index in [0.29, 0.717) is 29.7 Å². The molecule has 0 bridgehead atoms. The first-order valence-corrected chi connectivity index (χ1v) is 8.72. The second-order valence-corrected chi connectivity index (χ2v) is 6.47. The zero-order valence-corrected chi connectivity index (χ0v) is 15.1. The van der Waals surface area contributed by atoms with Crippen LogP contribution in [0.4, 0.5) is 0 Å². The zero-order valence-electron chi connectivity index (χ0n) is 13.6. The molecule has 5 heteroatoms. The van der Waals surface area contributed by atoms with Crippen molar-refractivity contribution in [2.75, 3.05) is 0 Å². The number of nitrogens with zero attached hydrogens (tertiary/aromatic N) is 1. The third-order valence-electron chi connectivity index (χ3n) is 3.65. The summed E-state index contributed by atoms with van der Waals surface area (Å²) in [4.78, 5) is 4.30. The molecule has 0 aliphatic carbocycles. The monoisotopic (exact) mass is 372 g/mol. The second-order valence-electron chi connectivity index (χ2n) is 5.60. The first-order chi connectivity index (χ1) is 12.2. The van der Waals surface area contributed by atoms with Crippen LogP contribution in [0.3, 0.4) is 0 Å². The fraction of sp³-hybridized carbons (Fsp3) is 0.150.